The molecular weight excluding hydrogens is 889 g/mol. The fourth-order valence-electron chi connectivity index (χ4n) is 12.2. The molecule has 2 aromatic heterocycles. The van der Waals surface area contributed by atoms with Gasteiger partial charge in [-0.3, -0.25) is 9.59 Å². The van der Waals surface area contributed by atoms with Crippen molar-refractivity contribution in [2.24, 2.45) is 23.7 Å². The van der Waals surface area contributed by atoms with Gasteiger partial charge in [0.1, 0.15) is 23.7 Å². The van der Waals surface area contributed by atoms with Crippen LogP contribution in [0.2, 0.25) is 0 Å². The average Bonchev–Trinajstić information content (AvgIpc) is 4.21. The molecule has 4 aliphatic heterocycles. The normalized spacial score (nSPS) is 29.9. The van der Waals surface area contributed by atoms with Gasteiger partial charge in [-0.05, 0) is 151 Å². The predicted molar refractivity (Wildman–Crippen MR) is 262 cm³/mol. The first kappa shape index (κ1) is 47.9. The molecule has 374 valence electrons. The molecule has 2 unspecified atom stereocenters. The molecule has 2 saturated carbocycles. The largest absolute Gasteiger partial charge is 0.453 e. The summed E-state index contributed by atoms with van der Waals surface area (Å²) < 4.78 is 22.6. The molecule has 70 heavy (non-hydrogen) atoms. The van der Waals surface area contributed by atoms with E-state index in [1.807, 2.05) is 22.2 Å². The number of aromatic amines is 2. The van der Waals surface area contributed by atoms with E-state index < -0.39 is 24.3 Å². The summed E-state index contributed by atoms with van der Waals surface area (Å²) in [5.41, 5.74) is 5.80. The molecule has 6 fully saturated rings. The average molecular weight is 959 g/mol. The van der Waals surface area contributed by atoms with Gasteiger partial charge < -0.3 is 49.3 Å². The molecule has 16 nitrogen and oxygen atoms in total. The molecule has 0 bridgehead atoms. The number of likely N-dealkylation sites (tertiary alicyclic amines) is 2. The maximum absolute atomic E-state index is 14.6. The predicted octanol–water partition coefficient (Wildman–Crippen LogP) is 8.87. The Morgan fingerprint density at radius 3 is 1.29 bits per heavy atom. The van der Waals surface area contributed by atoms with Crippen LogP contribution in [0.5, 0.6) is 0 Å². The standard InChI is InChI=1S/C54H70N8O8/c1-29-7-21-43(61(29)51(63)47(59-53(65)67-5)39-23-31(3)69-45(25-39)37-17-18-37)49-55-27-41(57-49)35-13-9-33(10-14-35)34-11-15-36(16-12-34)42-28-56-50(58-42)44-22-8-30(2)62(44)52(64)48(60-54(66)68-6)40-24-32(4)70-46(26-40)38-19-20-38/h9-16,27-32,37-40,43-48H,7-8,17-26H2,1-6H3,(H,55,57)(H,56,58)(H,59,65)(H,60,66)/t29-,30-,31+,32+,39+,40+,43-,44-,45?,46?,47-,48-/m0/s1. The van der Waals surface area contributed by atoms with Crippen LogP contribution in [0, 0.1) is 23.7 Å². The van der Waals surface area contributed by atoms with Gasteiger partial charge in [0, 0.05) is 12.1 Å². The van der Waals surface area contributed by atoms with E-state index in [1.54, 1.807) is 0 Å². The summed E-state index contributed by atoms with van der Waals surface area (Å²) in [6.45, 7) is 8.27. The second-order valence-corrected chi connectivity index (χ2v) is 21.2. The Balaban J connectivity index is 0.802. The van der Waals surface area contributed by atoms with Gasteiger partial charge in [-0.15, -0.1) is 0 Å². The minimum atomic E-state index is -0.719. The van der Waals surface area contributed by atoms with Crippen LogP contribution in [-0.2, 0) is 28.5 Å². The minimum Gasteiger partial charge on any atom is -0.453 e. The number of alkyl carbamates (subject to hydrolysis) is 2. The van der Waals surface area contributed by atoms with Crippen molar-refractivity contribution in [1.82, 2.24) is 40.4 Å². The number of ether oxygens (including phenoxy) is 4. The van der Waals surface area contributed by atoms with Gasteiger partial charge >= 0.3 is 12.2 Å². The topological polar surface area (TPSA) is 193 Å². The van der Waals surface area contributed by atoms with Gasteiger partial charge in [-0.1, -0.05) is 48.5 Å². The third-order valence-electron chi connectivity index (χ3n) is 16.2. The first-order valence-corrected chi connectivity index (χ1v) is 25.8. The molecule has 12 atom stereocenters. The van der Waals surface area contributed by atoms with Crippen LogP contribution in [0.3, 0.4) is 0 Å². The van der Waals surface area contributed by atoms with Gasteiger partial charge in [0.05, 0.1) is 74.5 Å². The molecule has 4 saturated heterocycles. The van der Waals surface area contributed by atoms with Gasteiger partial charge in [0.25, 0.3) is 0 Å². The van der Waals surface area contributed by atoms with Crippen LogP contribution in [-0.4, -0.2) is 117 Å². The molecule has 4 aromatic rings. The monoisotopic (exact) mass is 959 g/mol. The summed E-state index contributed by atoms with van der Waals surface area (Å²) >= 11 is 0. The molecule has 2 aliphatic carbocycles. The number of benzene rings is 2. The number of aromatic nitrogens is 4. The lowest BCUT2D eigenvalue weighted by Crippen LogP contribution is -2.55. The van der Waals surface area contributed by atoms with E-state index in [9.17, 15) is 19.2 Å². The van der Waals surface area contributed by atoms with Gasteiger partial charge in [-0.25, -0.2) is 19.6 Å². The summed E-state index contributed by atoms with van der Waals surface area (Å²) in [6, 6.07) is 14.7. The number of nitrogens with zero attached hydrogens (tertiary/aromatic N) is 4. The molecule has 10 rings (SSSR count). The lowest BCUT2D eigenvalue weighted by molar-refractivity contribution is -0.142. The number of carbonyl (C=O) groups excluding carboxylic acids is 4. The number of amides is 4. The first-order valence-electron chi connectivity index (χ1n) is 25.8. The quantitative estimate of drug-likeness (QED) is 0.101. The third-order valence-corrected chi connectivity index (χ3v) is 16.2. The highest BCUT2D eigenvalue weighted by atomic mass is 16.5. The summed E-state index contributed by atoms with van der Waals surface area (Å²) in [5, 5.41) is 5.87. The van der Waals surface area contributed by atoms with Crippen LogP contribution in [0.1, 0.15) is 128 Å². The molecule has 16 heteroatoms. The molecule has 0 spiro atoms. The number of carbonyl (C=O) groups is 4. The fraction of sp³-hybridized carbons (Fsp3) is 0.593. The van der Waals surface area contributed by atoms with E-state index in [2.05, 4.69) is 96.8 Å². The molecule has 6 aliphatic rings. The second-order valence-electron chi connectivity index (χ2n) is 21.2. The van der Waals surface area contributed by atoms with E-state index in [0.717, 1.165) is 109 Å². The van der Waals surface area contributed by atoms with E-state index >= 15 is 0 Å². The maximum atomic E-state index is 14.6. The molecular formula is C54H70N8O8. The molecule has 4 amide bonds. The number of imidazole rings is 2. The Bertz CT molecular complexity index is 2330. The highest BCUT2D eigenvalue weighted by molar-refractivity contribution is 5.88. The molecule has 2 aromatic carbocycles. The van der Waals surface area contributed by atoms with E-state index in [4.69, 9.17) is 28.9 Å². The summed E-state index contributed by atoms with van der Waals surface area (Å²) in [4.78, 5) is 75.2. The summed E-state index contributed by atoms with van der Waals surface area (Å²) in [5.74, 6) is 2.21. The van der Waals surface area contributed by atoms with Crippen LogP contribution in [0.15, 0.2) is 60.9 Å². The lowest BCUT2D eigenvalue weighted by atomic mass is 9.83. The van der Waals surface area contributed by atoms with Gasteiger partial charge in [-0.2, -0.15) is 0 Å². The number of rotatable bonds is 13. The Kier molecular flexibility index (Phi) is 13.8. The Hall–Kier alpha value is -5.74. The van der Waals surface area contributed by atoms with E-state index in [0.29, 0.717) is 24.7 Å². The lowest BCUT2D eigenvalue weighted by Gasteiger charge is -2.40. The fourth-order valence-corrected chi connectivity index (χ4v) is 12.2. The Labute approximate surface area is 410 Å². The smallest absolute Gasteiger partial charge is 0.407 e. The minimum absolute atomic E-state index is 0.00459. The molecule has 0 radical (unpaired) electrons. The van der Waals surface area contributed by atoms with Crippen molar-refractivity contribution in [2.45, 2.75) is 165 Å². The Morgan fingerprint density at radius 2 is 0.929 bits per heavy atom. The van der Waals surface area contributed by atoms with Gasteiger partial charge in [0.2, 0.25) is 11.8 Å². The highest BCUT2D eigenvalue weighted by Gasteiger charge is 2.49. The van der Waals surface area contributed by atoms with Crippen LogP contribution in [0.25, 0.3) is 33.6 Å². The first-order chi connectivity index (χ1) is 33.8. The zero-order chi connectivity index (χ0) is 48.8. The second kappa shape index (κ2) is 20.2. The van der Waals surface area contributed by atoms with Crippen LogP contribution in [0.4, 0.5) is 9.59 Å². The van der Waals surface area contributed by atoms with Gasteiger partial charge in [0.15, 0.2) is 0 Å². The van der Waals surface area contributed by atoms with Crippen molar-refractivity contribution < 1.29 is 38.1 Å². The van der Waals surface area contributed by atoms with Crippen molar-refractivity contribution in [2.75, 3.05) is 14.2 Å². The number of nitrogens with one attached hydrogen (secondary N) is 4. The van der Waals surface area contributed by atoms with Crippen LogP contribution < -0.4 is 10.6 Å². The van der Waals surface area contributed by atoms with Crippen molar-refractivity contribution in [3.8, 4) is 33.6 Å². The van der Waals surface area contributed by atoms with E-state index in [1.165, 1.54) is 14.2 Å². The summed E-state index contributed by atoms with van der Waals surface area (Å²) in [7, 11) is 2.67. The number of hydrogen-bond acceptors (Lipinski definition) is 10. The Morgan fingerprint density at radius 1 is 0.557 bits per heavy atom. The number of H-pyrrole nitrogens is 2. The number of methoxy groups -OCH3 is 2. The van der Waals surface area contributed by atoms with Crippen LogP contribution >= 0.6 is 0 Å². The summed E-state index contributed by atoms with van der Waals surface area (Å²) in [6.07, 6.45) is 13.3. The molecule has 4 N–H and O–H groups in total. The number of hydrogen-bond donors (Lipinski definition) is 4. The zero-order valence-electron chi connectivity index (χ0n) is 41.4. The third kappa shape index (κ3) is 10.1. The maximum Gasteiger partial charge on any atom is 0.407 e. The van der Waals surface area contributed by atoms with Crippen molar-refractivity contribution >= 4 is 24.0 Å². The van der Waals surface area contributed by atoms with Crippen molar-refractivity contribution in [1.29, 1.82) is 0 Å². The zero-order valence-corrected chi connectivity index (χ0v) is 41.4. The van der Waals surface area contributed by atoms with Crippen molar-refractivity contribution in [3.05, 3.63) is 72.6 Å². The SMILES string of the molecule is COC(=O)N[C@H](C(=O)N1[C@@H](C)CC[C@H]1c1ncc(-c2ccc(-c3ccc(-c4cnc([C@@H]5CC[C@H](C)N5C(=O)[C@@H](NC(=O)OC)[C@H]5CC(C6CC6)O[C@H](C)C5)[nH]4)cc3)cc2)[nH]1)[C@H]1CC(C2CC2)O[C@H](C)C1. The van der Waals surface area contributed by atoms with Crippen molar-refractivity contribution in [3.63, 3.8) is 0 Å². The molecule has 6 heterocycles. The van der Waals surface area contributed by atoms with E-state index in [-0.39, 0.29) is 72.2 Å². The highest BCUT2D eigenvalue weighted by Crippen LogP contribution is 2.45.